The molecular formula is C11H13F2N3O3. The lowest BCUT2D eigenvalue weighted by Crippen LogP contribution is -2.35. The molecule has 0 aliphatic heterocycles. The van der Waals surface area contributed by atoms with E-state index >= 15 is 0 Å². The van der Waals surface area contributed by atoms with Crippen molar-refractivity contribution in [1.29, 1.82) is 0 Å². The number of hydrogen-bond donors (Lipinski definition) is 2. The van der Waals surface area contributed by atoms with Gasteiger partial charge < -0.3 is 11.1 Å². The summed E-state index contributed by atoms with van der Waals surface area (Å²) in [4.78, 5) is 21.1. The molecule has 0 aliphatic carbocycles. The molecule has 0 heterocycles. The van der Waals surface area contributed by atoms with Gasteiger partial charge in [0.15, 0.2) is 0 Å². The number of carbonyl (C=O) groups is 1. The molecule has 1 aromatic rings. The molecule has 1 atom stereocenters. The highest BCUT2D eigenvalue weighted by Crippen LogP contribution is 2.25. The Bertz CT molecular complexity index is 508. The third-order valence-electron chi connectivity index (χ3n) is 2.43. The monoisotopic (exact) mass is 273 g/mol. The summed E-state index contributed by atoms with van der Waals surface area (Å²) in [6.45, 7) is 1.82. The molecule has 1 amide bonds. The van der Waals surface area contributed by atoms with E-state index in [-0.39, 0.29) is 0 Å². The average Bonchev–Trinajstić information content (AvgIpc) is 2.32. The van der Waals surface area contributed by atoms with Crippen LogP contribution in [0.4, 0.5) is 20.2 Å². The molecular weight excluding hydrogens is 260 g/mol. The Labute approximate surface area is 107 Å². The standard InChI is InChI=1S/C11H13F2N3O3/c1-2-3-8(14)11(17)15-9-5-10(16(18)19)7(13)4-6(9)12/h4-5,8H,2-3,14H2,1H3,(H,15,17)/t8-/m1/s1. The smallest absolute Gasteiger partial charge is 0.307 e. The van der Waals surface area contributed by atoms with Crippen molar-refractivity contribution in [1.82, 2.24) is 0 Å². The first-order valence-electron chi connectivity index (χ1n) is 5.56. The van der Waals surface area contributed by atoms with Gasteiger partial charge in [-0.15, -0.1) is 0 Å². The predicted molar refractivity (Wildman–Crippen MR) is 64.5 cm³/mol. The van der Waals surface area contributed by atoms with Crippen molar-refractivity contribution in [2.24, 2.45) is 5.73 Å². The third-order valence-corrected chi connectivity index (χ3v) is 2.43. The number of nitro groups is 1. The first-order chi connectivity index (χ1) is 8.86. The molecule has 0 fully saturated rings. The van der Waals surface area contributed by atoms with Gasteiger partial charge >= 0.3 is 5.69 Å². The van der Waals surface area contributed by atoms with E-state index in [0.29, 0.717) is 25.0 Å². The van der Waals surface area contributed by atoms with Crippen LogP contribution in [0.5, 0.6) is 0 Å². The topological polar surface area (TPSA) is 98.3 Å². The SMILES string of the molecule is CCC[C@@H](N)C(=O)Nc1cc([N+](=O)[O-])c(F)cc1F. The van der Waals surface area contributed by atoms with E-state index in [1.165, 1.54) is 0 Å². The molecule has 0 aromatic heterocycles. The second-order valence-electron chi connectivity index (χ2n) is 3.92. The van der Waals surface area contributed by atoms with E-state index < -0.39 is 39.9 Å². The van der Waals surface area contributed by atoms with Gasteiger partial charge in [0, 0.05) is 12.1 Å². The number of amides is 1. The molecule has 0 saturated heterocycles. The van der Waals surface area contributed by atoms with Crippen molar-refractivity contribution in [3.05, 3.63) is 33.9 Å². The predicted octanol–water partition coefficient (Wildman–Crippen LogP) is 1.94. The Morgan fingerprint density at radius 1 is 1.47 bits per heavy atom. The summed E-state index contributed by atoms with van der Waals surface area (Å²) in [6.07, 6.45) is 1.04. The van der Waals surface area contributed by atoms with Crippen LogP contribution in [0.15, 0.2) is 12.1 Å². The summed E-state index contributed by atoms with van der Waals surface area (Å²) in [5.41, 5.74) is 4.13. The number of benzene rings is 1. The minimum Gasteiger partial charge on any atom is -0.322 e. The zero-order valence-corrected chi connectivity index (χ0v) is 10.2. The van der Waals surface area contributed by atoms with Crippen LogP contribution in [0.1, 0.15) is 19.8 Å². The van der Waals surface area contributed by atoms with Crippen LogP contribution in [0.3, 0.4) is 0 Å². The van der Waals surface area contributed by atoms with Gasteiger partial charge in [-0.2, -0.15) is 4.39 Å². The van der Waals surface area contributed by atoms with E-state index in [1.54, 1.807) is 0 Å². The van der Waals surface area contributed by atoms with E-state index in [0.717, 1.165) is 0 Å². The minimum absolute atomic E-state index is 0.346. The Hall–Kier alpha value is -2.09. The number of nitrogens with two attached hydrogens (primary N) is 1. The summed E-state index contributed by atoms with van der Waals surface area (Å²) >= 11 is 0. The lowest BCUT2D eigenvalue weighted by Gasteiger charge is -2.11. The number of carbonyl (C=O) groups excluding carboxylic acids is 1. The van der Waals surface area contributed by atoms with Crippen LogP contribution in [0.2, 0.25) is 0 Å². The lowest BCUT2D eigenvalue weighted by atomic mass is 10.1. The number of nitrogens with one attached hydrogen (secondary N) is 1. The fourth-order valence-electron chi connectivity index (χ4n) is 1.44. The molecule has 1 rings (SSSR count). The summed E-state index contributed by atoms with van der Waals surface area (Å²) in [5, 5.41) is 12.6. The first-order valence-corrected chi connectivity index (χ1v) is 5.56. The molecule has 3 N–H and O–H groups in total. The molecule has 6 nitrogen and oxygen atoms in total. The average molecular weight is 273 g/mol. The van der Waals surface area contributed by atoms with Crippen molar-refractivity contribution in [3.63, 3.8) is 0 Å². The maximum atomic E-state index is 13.4. The van der Waals surface area contributed by atoms with Crippen LogP contribution in [-0.4, -0.2) is 16.9 Å². The van der Waals surface area contributed by atoms with Crippen LogP contribution in [-0.2, 0) is 4.79 Å². The van der Waals surface area contributed by atoms with Crippen molar-refractivity contribution >= 4 is 17.3 Å². The van der Waals surface area contributed by atoms with Gasteiger partial charge in [0.25, 0.3) is 0 Å². The molecule has 0 saturated carbocycles. The molecule has 8 heteroatoms. The van der Waals surface area contributed by atoms with Crippen molar-refractivity contribution in [2.45, 2.75) is 25.8 Å². The quantitative estimate of drug-likeness (QED) is 0.632. The van der Waals surface area contributed by atoms with Crippen LogP contribution < -0.4 is 11.1 Å². The maximum absolute atomic E-state index is 13.4. The normalized spacial score (nSPS) is 12.0. The zero-order chi connectivity index (χ0) is 14.6. The van der Waals surface area contributed by atoms with Gasteiger partial charge in [-0.1, -0.05) is 13.3 Å². The Balaban J connectivity index is 2.98. The van der Waals surface area contributed by atoms with Crippen LogP contribution in [0, 0.1) is 21.7 Å². The molecule has 0 aliphatic rings. The van der Waals surface area contributed by atoms with Gasteiger partial charge in [-0.25, -0.2) is 4.39 Å². The van der Waals surface area contributed by atoms with Gasteiger partial charge in [0.1, 0.15) is 5.82 Å². The number of nitrogens with zero attached hydrogens (tertiary/aromatic N) is 1. The van der Waals surface area contributed by atoms with E-state index in [2.05, 4.69) is 5.32 Å². The fraction of sp³-hybridized carbons (Fsp3) is 0.364. The van der Waals surface area contributed by atoms with Crippen LogP contribution >= 0.6 is 0 Å². The summed E-state index contributed by atoms with van der Waals surface area (Å²) < 4.78 is 26.5. The Morgan fingerprint density at radius 2 is 2.11 bits per heavy atom. The zero-order valence-electron chi connectivity index (χ0n) is 10.2. The highest BCUT2D eigenvalue weighted by molar-refractivity contribution is 5.95. The molecule has 0 unspecified atom stereocenters. The van der Waals surface area contributed by atoms with Gasteiger partial charge in [-0.05, 0) is 6.42 Å². The Morgan fingerprint density at radius 3 is 2.63 bits per heavy atom. The maximum Gasteiger partial charge on any atom is 0.307 e. The van der Waals surface area contributed by atoms with Crippen molar-refractivity contribution in [3.8, 4) is 0 Å². The van der Waals surface area contributed by atoms with Gasteiger partial charge in [0.2, 0.25) is 11.7 Å². The molecule has 0 spiro atoms. The second-order valence-corrected chi connectivity index (χ2v) is 3.92. The van der Waals surface area contributed by atoms with Crippen molar-refractivity contribution < 1.29 is 18.5 Å². The third kappa shape index (κ3) is 3.68. The Kier molecular flexibility index (Phi) is 4.87. The molecule has 0 radical (unpaired) electrons. The molecule has 0 bridgehead atoms. The number of nitro benzene ring substituents is 1. The second kappa shape index (κ2) is 6.19. The number of halogens is 2. The first kappa shape index (κ1) is 15.0. The summed E-state index contributed by atoms with van der Waals surface area (Å²) in [5.74, 6) is -3.08. The fourth-order valence-corrected chi connectivity index (χ4v) is 1.44. The van der Waals surface area contributed by atoms with Gasteiger partial charge in [0.05, 0.1) is 16.7 Å². The highest BCUT2D eigenvalue weighted by atomic mass is 19.1. The summed E-state index contributed by atoms with van der Waals surface area (Å²) in [7, 11) is 0. The van der Waals surface area contributed by atoms with E-state index in [9.17, 15) is 23.7 Å². The lowest BCUT2D eigenvalue weighted by molar-refractivity contribution is -0.387. The number of anilines is 1. The van der Waals surface area contributed by atoms with Crippen LogP contribution in [0.25, 0.3) is 0 Å². The highest BCUT2D eigenvalue weighted by Gasteiger charge is 2.21. The number of rotatable bonds is 5. The van der Waals surface area contributed by atoms with E-state index in [1.807, 2.05) is 6.92 Å². The van der Waals surface area contributed by atoms with Crippen molar-refractivity contribution in [2.75, 3.05) is 5.32 Å². The van der Waals surface area contributed by atoms with E-state index in [4.69, 9.17) is 5.73 Å². The minimum atomic E-state index is -1.31. The number of hydrogen-bond acceptors (Lipinski definition) is 4. The molecule has 1 aromatic carbocycles. The van der Waals surface area contributed by atoms with Gasteiger partial charge in [-0.3, -0.25) is 14.9 Å². The largest absolute Gasteiger partial charge is 0.322 e. The summed E-state index contributed by atoms with van der Waals surface area (Å²) in [6, 6.07) is 0.119. The molecule has 104 valence electrons. The molecule has 19 heavy (non-hydrogen) atoms.